The lowest BCUT2D eigenvalue weighted by Gasteiger charge is -2.37. The molecule has 0 spiro atoms. The van der Waals surface area contributed by atoms with Crippen LogP contribution >= 0.6 is 0 Å². The Hall–Kier alpha value is -2.55. The van der Waals surface area contributed by atoms with Crippen molar-refractivity contribution < 1.29 is 4.74 Å². The molecule has 3 heterocycles. The van der Waals surface area contributed by atoms with Gasteiger partial charge in [-0.3, -0.25) is 0 Å². The number of aryl methyl sites for hydroxylation is 1. The predicted octanol–water partition coefficient (Wildman–Crippen LogP) is 4.18. The summed E-state index contributed by atoms with van der Waals surface area (Å²) in [6.07, 6.45) is 2.33. The molecule has 0 unspecified atom stereocenters. The second kappa shape index (κ2) is 4.72. The summed E-state index contributed by atoms with van der Waals surface area (Å²) < 4.78 is 5.54. The third-order valence-electron chi connectivity index (χ3n) is 5.01. The lowest BCUT2D eigenvalue weighted by molar-refractivity contribution is 0.414. The Morgan fingerprint density at radius 1 is 1.09 bits per heavy atom. The Labute approximate surface area is 135 Å². The van der Waals surface area contributed by atoms with E-state index in [0.717, 1.165) is 36.5 Å². The van der Waals surface area contributed by atoms with E-state index in [1.54, 1.807) is 7.11 Å². The highest BCUT2D eigenvalue weighted by Gasteiger charge is 2.29. The molecule has 3 nitrogen and oxygen atoms in total. The number of nitrogens with zero attached hydrogens (tertiary/aromatic N) is 2. The van der Waals surface area contributed by atoms with Gasteiger partial charge < -0.3 is 9.64 Å². The molecule has 0 atom stereocenters. The largest absolute Gasteiger partial charge is 0.497 e. The third kappa shape index (κ3) is 1.86. The molecule has 114 valence electrons. The number of anilines is 1. The summed E-state index contributed by atoms with van der Waals surface area (Å²) in [5, 5.41) is 1.22. The van der Waals surface area contributed by atoms with E-state index in [2.05, 4.69) is 47.4 Å². The standard InChI is InChI=1S/C20H18N2O/c1-23-16-10-14-6-4-8-22-12-15-9-13-5-2-3-7-18(13)21-19(15)17(11-16)20(14)22/h2-3,5,7,9-11H,4,6,8,12H2,1H3. The van der Waals surface area contributed by atoms with Crippen molar-refractivity contribution in [1.82, 2.24) is 4.98 Å². The smallest absolute Gasteiger partial charge is 0.119 e. The van der Waals surface area contributed by atoms with Crippen LogP contribution in [0.2, 0.25) is 0 Å². The van der Waals surface area contributed by atoms with Crippen molar-refractivity contribution in [3.8, 4) is 17.0 Å². The Morgan fingerprint density at radius 3 is 2.91 bits per heavy atom. The molecule has 0 fully saturated rings. The number of rotatable bonds is 1. The van der Waals surface area contributed by atoms with E-state index in [-0.39, 0.29) is 0 Å². The van der Waals surface area contributed by atoms with Gasteiger partial charge in [0.1, 0.15) is 5.75 Å². The summed E-state index contributed by atoms with van der Waals surface area (Å²) in [5.41, 5.74) is 7.49. The second-order valence-corrected chi connectivity index (χ2v) is 6.40. The molecule has 0 saturated carbocycles. The van der Waals surface area contributed by atoms with Gasteiger partial charge in [-0.25, -0.2) is 4.98 Å². The van der Waals surface area contributed by atoms with E-state index in [4.69, 9.17) is 9.72 Å². The quantitative estimate of drug-likeness (QED) is 0.674. The maximum Gasteiger partial charge on any atom is 0.119 e. The van der Waals surface area contributed by atoms with Crippen molar-refractivity contribution in [3.05, 3.63) is 53.6 Å². The average Bonchev–Trinajstić information content (AvgIpc) is 2.60. The molecule has 0 radical (unpaired) electrons. The molecule has 2 aliphatic heterocycles. The molecule has 0 bridgehead atoms. The number of methoxy groups -OCH3 is 1. The molecule has 3 aromatic rings. The third-order valence-corrected chi connectivity index (χ3v) is 5.01. The monoisotopic (exact) mass is 302 g/mol. The number of hydrogen-bond donors (Lipinski definition) is 0. The molecule has 2 aromatic carbocycles. The highest BCUT2D eigenvalue weighted by molar-refractivity contribution is 5.90. The van der Waals surface area contributed by atoms with Crippen LogP contribution in [0.25, 0.3) is 22.2 Å². The van der Waals surface area contributed by atoms with Gasteiger partial charge in [-0.2, -0.15) is 0 Å². The molecule has 2 aliphatic rings. The SMILES string of the molecule is COc1cc2c3c(c1)-c1nc4ccccc4cc1CN3CCC2. The molecule has 1 aromatic heterocycles. The van der Waals surface area contributed by atoms with Gasteiger partial charge in [0, 0.05) is 29.7 Å². The van der Waals surface area contributed by atoms with Crippen molar-refractivity contribution >= 4 is 16.6 Å². The zero-order valence-corrected chi connectivity index (χ0v) is 13.2. The van der Waals surface area contributed by atoms with Crippen molar-refractivity contribution in [2.45, 2.75) is 19.4 Å². The molecule has 3 heteroatoms. The topological polar surface area (TPSA) is 25.4 Å². The summed E-state index contributed by atoms with van der Waals surface area (Å²) in [7, 11) is 1.74. The molecular weight excluding hydrogens is 284 g/mol. The summed E-state index contributed by atoms with van der Waals surface area (Å²) >= 11 is 0. The van der Waals surface area contributed by atoms with Gasteiger partial charge in [-0.1, -0.05) is 18.2 Å². The zero-order chi connectivity index (χ0) is 15.4. The molecule has 0 N–H and O–H groups in total. The van der Waals surface area contributed by atoms with Crippen molar-refractivity contribution in [1.29, 1.82) is 0 Å². The van der Waals surface area contributed by atoms with Gasteiger partial charge in [0.25, 0.3) is 0 Å². The van der Waals surface area contributed by atoms with E-state index in [1.807, 2.05) is 0 Å². The molecule has 23 heavy (non-hydrogen) atoms. The normalized spacial score (nSPS) is 15.3. The van der Waals surface area contributed by atoms with Crippen molar-refractivity contribution in [2.24, 2.45) is 0 Å². The number of benzene rings is 2. The fourth-order valence-corrected chi connectivity index (χ4v) is 3.98. The van der Waals surface area contributed by atoms with E-state index in [0.29, 0.717) is 0 Å². The average molecular weight is 302 g/mol. The maximum absolute atomic E-state index is 5.54. The summed E-state index contributed by atoms with van der Waals surface area (Å²) in [6, 6.07) is 15.0. The van der Waals surface area contributed by atoms with Crippen LogP contribution in [0.5, 0.6) is 5.75 Å². The fraction of sp³-hybridized carbons (Fsp3) is 0.250. The van der Waals surface area contributed by atoms with Crippen LogP contribution in [0.4, 0.5) is 5.69 Å². The molecule has 0 saturated heterocycles. The van der Waals surface area contributed by atoms with E-state index in [1.165, 1.54) is 34.2 Å². The Kier molecular flexibility index (Phi) is 2.66. The number of fused-ring (bicyclic) bond motifs is 3. The van der Waals surface area contributed by atoms with Gasteiger partial charge in [-0.05, 0) is 48.2 Å². The first kappa shape index (κ1) is 12.9. The zero-order valence-electron chi connectivity index (χ0n) is 13.2. The summed E-state index contributed by atoms with van der Waals surface area (Å²) in [4.78, 5) is 7.49. The second-order valence-electron chi connectivity index (χ2n) is 6.40. The number of pyridine rings is 1. The number of hydrogen-bond acceptors (Lipinski definition) is 3. The highest BCUT2D eigenvalue weighted by Crippen LogP contribution is 2.45. The van der Waals surface area contributed by atoms with Crippen LogP contribution in [0.15, 0.2) is 42.5 Å². The van der Waals surface area contributed by atoms with Gasteiger partial charge in [0.05, 0.1) is 18.3 Å². The minimum atomic E-state index is 0.934. The molecule has 0 aliphatic carbocycles. The van der Waals surface area contributed by atoms with E-state index < -0.39 is 0 Å². The minimum Gasteiger partial charge on any atom is -0.497 e. The summed E-state index contributed by atoms with van der Waals surface area (Å²) in [5.74, 6) is 0.934. The Morgan fingerprint density at radius 2 is 2.00 bits per heavy atom. The first-order valence-corrected chi connectivity index (χ1v) is 8.18. The fourth-order valence-electron chi connectivity index (χ4n) is 3.98. The lowest BCUT2D eigenvalue weighted by atomic mass is 9.89. The van der Waals surface area contributed by atoms with Gasteiger partial charge >= 0.3 is 0 Å². The predicted molar refractivity (Wildman–Crippen MR) is 93.1 cm³/mol. The van der Waals surface area contributed by atoms with Crippen LogP contribution in [0.1, 0.15) is 17.5 Å². The number of para-hydroxylation sites is 1. The van der Waals surface area contributed by atoms with Crippen LogP contribution in [0, 0.1) is 0 Å². The molecule has 0 amide bonds. The van der Waals surface area contributed by atoms with Crippen molar-refractivity contribution in [2.75, 3.05) is 18.6 Å². The summed E-state index contributed by atoms with van der Waals surface area (Å²) in [6.45, 7) is 2.08. The van der Waals surface area contributed by atoms with Gasteiger partial charge in [-0.15, -0.1) is 0 Å². The first-order chi connectivity index (χ1) is 11.3. The van der Waals surface area contributed by atoms with Gasteiger partial charge in [0.2, 0.25) is 0 Å². The molecule has 5 rings (SSSR count). The van der Waals surface area contributed by atoms with E-state index in [9.17, 15) is 0 Å². The molecular formula is C20H18N2O. The van der Waals surface area contributed by atoms with Crippen LogP contribution in [-0.2, 0) is 13.0 Å². The Balaban J connectivity index is 1.84. The van der Waals surface area contributed by atoms with Crippen LogP contribution in [-0.4, -0.2) is 18.6 Å². The Bertz CT molecular complexity index is 932. The van der Waals surface area contributed by atoms with Gasteiger partial charge in [0.15, 0.2) is 0 Å². The van der Waals surface area contributed by atoms with Crippen molar-refractivity contribution in [3.63, 3.8) is 0 Å². The van der Waals surface area contributed by atoms with E-state index >= 15 is 0 Å². The number of ether oxygens (including phenoxy) is 1. The first-order valence-electron chi connectivity index (χ1n) is 8.18. The van der Waals surface area contributed by atoms with Crippen LogP contribution in [0.3, 0.4) is 0 Å². The van der Waals surface area contributed by atoms with Crippen LogP contribution < -0.4 is 9.64 Å². The maximum atomic E-state index is 5.54. The highest BCUT2D eigenvalue weighted by atomic mass is 16.5. The minimum absolute atomic E-state index is 0.934. The lowest BCUT2D eigenvalue weighted by Crippen LogP contribution is -2.32. The number of aromatic nitrogens is 1.